The van der Waals surface area contributed by atoms with E-state index in [2.05, 4.69) is 0 Å². The van der Waals surface area contributed by atoms with Crippen molar-refractivity contribution in [3.63, 3.8) is 0 Å². The molecule has 3 aliphatic rings. The molecule has 0 aromatic heterocycles. The monoisotopic (exact) mass is 375 g/mol. The number of benzene rings is 1. The van der Waals surface area contributed by atoms with E-state index in [-0.39, 0.29) is 23.1 Å². The van der Waals surface area contributed by atoms with E-state index in [0.29, 0.717) is 30.1 Å². The smallest absolute Gasteiger partial charge is 0.225 e. The maximum Gasteiger partial charge on any atom is 0.225 e. The summed E-state index contributed by atoms with van der Waals surface area (Å²) >= 11 is 0. The summed E-state index contributed by atoms with van der Waals surface area (Å²) in [5.41, 5.74) is 1.21. The van der Waals surface area contributed by atoms with Gasteiger partial charge >= 0.3 is 0 Å². The Morgan fingerprint density at radius 3 is 2.44 bits per heavy atom. The quantitative estimate of drug-likeness (QED) is 0.874. The number of hydrogen-bond acceptors (Lipinski definition) is 3. The molecule has 0 radical (unpaired) electrons. The number of hydrogen-bond donors (Lipinski definition) is 1. The average Bonchev–Trinajstić information content (AvgIpc) is 2.59. The summed E-state index contributed by atoms with van der Waals surface area (Å²) in [6.07, 6.45) is 5.43. The Hall–Kier alpha value is -1.62. The third-order valence-electron chi connectivity index (χ3n) is 7.14. The van der Waals surface area contributed by atoms with Crippen molar-refractivity contribution in [1.29, 1.82) is 0 Å². The van der Waals surface area contributed by atoms with Crippen molar-refractivity contribution in [2.75, 3.05) is 20.2 Å². The third kappa shape index (κ3) is 3.35. The largest absolute Gasteiger partial charge is 0.496 e. The highest BCUT2D eigenvalue weighted by molar-refractivity contribution is 5.81. The second-order valence-electron chi connectivity index (χ2n) is 9.40. The van der Waals surface area contributed by atoms with Gasteiger partial charge in [-0.25, -0.2) is 4.39 Å². The molecule has 0 atom stereocenters. The third-order valence-corrected chi connectivity index (χ3v) is 7.14. The van der Waals surface area contributed by atoms with E-state index in [4.69, 9.17) is 4.74 Å². The minimum Gasteiger partial charge on any atom is -0.496 e. The molecule has 148 valence electrons. The molecule has 1 aromatic carbocycles. The molecule has 0 bridgehead atoms. The van der Waals surface area contributed by atoms with Gasteiger partial charge in [-0.15, -0.1) is 0 Å². The molecule has 5 heteroatoms. The fourth-order valence-electron chi connectivity index (χ4n) is 5.35. The number of carbonyl (C=O) groups excluding carboxylic acids is 1. The Labute approximate surface area is 160 Å². The van der Waals surface area contributed by atoms with E-state index < -0.39 is 5.60 Å². The van der Waals surface area contributed by atoms with Crippen molar-refractivity contribution in [2.24, 2.45) is 11.3 Å². The molecule has 1 amide bonds. The highest BCUT2D eigenvalue weighted by Crippen LogP contribution is 2.50. The lowest BCUT2D eigenvalue weighted by Gasteiger charge is -2.55. The van der Waals surface area contributed by atoms with Crippen LogP contribution in [0.15, 0.2) is 12.1 Å². The van der Waals surface area contributed by atoms with E-state index in [1.165, 1.54) is 0 Å². The Balaban J connectivity index is 1.33. The molecule has 4 nitrogen and oxygen atoms in total. The molecule has 2 aliphatic carbocycles. The summed E-state index contributed by atoms with van der Waals surface area (Å²) in [7, 11) is 1.59. The van der Waals surface area contributed by atoms with Gasteiger partial charge in [-0.2, -0.15) is 0 Å². The van der Waals surface area contributed by atoms with Crippen molar-refractivity contribution in [1.82, 2.24) is 4.90 Å². The standard InChI is InChI=1S/C22H30FNO3/c1-14-18(23)8-16(9-19(14)27-3)15-4-6-22(7-5-15)12-24(13-22)20(25)17-10-21(2,26)11-17/h8-9,15,17,26H,4-7,10-13H2,1-3H3. The lowest BCUT2D eigenvalue weighted by molar-refractivity contribution is -0.163. The number of rotatable bonds is 3. The fraction of sp³-hybridized carbons (Fsp3) is 0.682. The molecule has 1 saturated heterocycles. The van der Waals surface area contributed by atoms with Crippen molar-refractivity contribution in [3.8, 4) is 5.75 Å². The van der Waals surface area contributed by atoms with E-state index in [9.17, 15) is 14.3 Å². The van der Waals surface area contributed by atoms with Crippen LogP contribution < -0.4 is 4.74 Å². The van der Waals surface area contributed by atoms with Gasteiger partial charge in [-0.1, -0.05) is 0 Å². The van der Waals surface area contributed by atoms with Crippen LogP contribution in [0.2, 0.25) is 0 Å². The number of aliphatic hydroxyl groups is 1. The molecular formula is C22H30FNO3. The zero-order valence-corrected chi connectivity index (χ0v) is 16.6. The van der Waals surface area contributed by atoms with Crippen LogP contribution in [-0.2, 0) is 4.79 Å². The van der Waals surface area contributed by atoms with E-state index in [1.807, 2.05) is 11.0 Å². The first kappa shape index (κ1) is 18.7. The van der Waals surface area contributed by atoms with Crippen LogP contribution in [0.25, 0.3) is 0 Å². The van der Waals surface area contributed by atoms with Gasteiger partial charge in [-0.05, 0) is 76.0 Å². The van der Waals surface area contributed by atoms with Crippen molar-refractivity contribution < 1.29 is 19.0 Å². The molecule has 3 fully saturated rings. The number of likely N-dealkylation sites (tertiary alicyclic amines) is 1. The molecule has 4 rings (SSSR count). The van der Waals surface area contributed by atoms with Gasteiger partial charge < -0.3 is 14.7 Å². The second kappa shape index (κ2) is 6.47. The second-order valence-corrected chi connectivity index (χ2v) is 9.40. The van der Waals surface area contributed by atoms with Gasteiger partial charge in [0.2, 0.25) is 5.91 Å². The summed E-state index contributed by atoms with van der Waals surface area (Å²) in [6, 6.07) is 3.65. The SMILES string of the molecule is COc1cc(C2CCC3(CC2)CN(C(=O)C2CC(C)(O)C2)C3)cc(F)c1C. The molecule has 2 saturated carbocycles. The van der Waals surface area contributed by atoms with E-state index >= 15 is 0 Å². The van der Waals surface area contributed by atoms with Crippen LogP contribution in [0.4, 0.5) is 4.39 Å². The highest BCUT2D eigenvalue weighted by atomic mass is 19.1. The maximum atomic E-state index is 14.2. The summed E-state index contributed by atoms with van der Waals surface area (Å²) in [6.45, 7) is 5.25. The Morgan fingerprint density at radius 2 is 1.89 bits per heavy atom. The Kier molecular flexibility index (Phi) is 4.49. The minimum atomic E-state index is -0.648. The molecule has 1 aromatic rings. The van der Waals surface area contributed by atoms with Gasteiger partial charge in [0.1, 0.15) is 11.6 Å². The summed E-state index contributed by atoms with van der Waals surface area (Å²) < 4.78 is 19.5. The zero-order valence-electron chi connectivity index (χ0n) is 16.6. The normalized spacial score (nSPS) is 30.0. The lowest BCUT2D eigenvalue weighted by atomic mass is 9.63. The predicted molar refractivity (Wildman–Crippen MR) is 101 cm³/mol. The van der Waals surface area contributed by atoms with Crippen LogP contribution in [0.5, 0.6) is 5.75 Å². The fourth-order valence-corrected chi connectivity index (χ4v) is 5.35. The molecule has 27 heavy (non-hydrogen) atoms. The average molecular weight is 375 g/mol. The number of halogens is 1. The first-order valence-electron chi connectivity index (χ1n) is 10.1. The number of ether oxygens (including phenoxy) is 1. The maximum absolute atomic E-state index is 14.2. The molecule has 1 N–H and O–H groups in total. The summed E-state index contributed by atoms with van der Waals surface area (Å²) in [5, 5.41) is 9.85. The number of carbonyl (C=O) groups is 1. The topological polar surface area (TPSA) is 49.8 Å². The van der Waals surface area contributed by atoms with Crippen molar-refractivity contribution in [2.45, 2.75) is 63.9 Å². The van der Waals surface area contributed by atoms with Crippen molar-refractivity contribution in [3.05, 3.63) is 29.1 Å². The zero-order chi connectivity index (χ0) is 19.4. The van der Waals surface area contributed by atoms with Crippen LogP contribution in [0, 0.1) is 24.1 Å². The van der Waals surface area contributed by atoms with Gasteiger partial charge in [0.25, 0.3) is 0 Å². The lowest BCUT2D eigenvalue weighted by Crippen LogP contribution is -2.62. The predicted octanol–water partition coefficient (Wildman–Crippen LogP) is 3.79. The first-order valence-corrected chi connectivity index (χ1v) is 10.1. The number of amides is 1. The van der Waals surface area contributed by atoms with Crippen LogP contribution in [0.3, 0.4) is 0 Å². The van der Waals surface area contributed by atoms with Crippen LogP contribution in [-0.4, -0.2) is 41.7 Å². The Bertz CT molecular complexity index is 736. The van der Waals surface area contributed by atoms with Crippen LogP contribution >= 0.6 is 0 Å². The number of nitrogens with zero attached hydrogens (tertiary/aromatic N) is 1. The minimum absolute atomic E-state index is 0.0108. The molecule has 1 aliphatic heterocycles. The van der Waals surface area contributed by atoms with Gasteiger partial charge in [0.15, 0.2) is 0 Å². The van der Waals surface area contributed by atoms with E-state index in [0.717, 1.165) is 44.3 Å². The van der Waals surface area contributed by atoms with E-state index in [1.54, 1.807) is 27.0 Å². The number of methoxy groups -OCH3 is 1. The molecule has 1 spiro atoms. The summed E-state index contributed by atoms with van der Waals surface area (Å²) in [5.74, 6) is 1.03. The van der Waals surface area contributed by atoms with Gasteiger partial charge in [-0.3, -0.25) is 4.79 Å². The summed E-state index contributed by atoms with van der Waals surface area (Å²) in [4.78, 5) is 14.5. The van der Waals surface area contributed by atoms with Gasteiger partial charge in [0.05, 0.1) is 12.7 Å². The van der Waals surface area contributed by atoms with Gasteiger partial charge in [0, 0.05) is 30.0 Å². The van der Waals surface area contributed by atoms with Crippen molar-refractivity contribution >= 4 is 5.91 Å². The first-order chi connectivity index (χ1) is 12.7. The van der Waals surface area contributed by atoms with Crippen LogP contribution in [0.1, 0.15) is 62.5 Å². The Morgan fingerprint density at radius 1 is 1.26 bits per heavy atom. The molecule has 1 heterocycles. The molecular weight excluding hydrogens is 345 g/mol. The highest BCUT2D eigenvalue weighted by Gasteiger charge is 2.51. The molecule has 0 unspecified atom stereocenters.